The Bertz CT molecular complexity index is 672. The molecule has 0 fully saturated rings. The number of ether oxygens (including phenoxy) is 1. The molecule has 0 aliphatic heterocycles. The second-order valence-corrected chi connectivity index (χ2v) is 5.32. The number of amides is 1. The molecule has 0 saturated carbocycles. The molecule has 1 aromatic heterocycles. The van der Waals surface area contributed by atoms with E-state index in [0.29, 0.717) is 22.3 Å². The first-order valence-corrected chi connectivity index (χ1v) is 7.05. The molecule has 0 aliphatic rings. The molecule has 1 aromatic carbocycles. The topological polar surface area (TPSA) is 67.6 Å². The number of likely N-dealkylation sites (N-methyl/N-ethyl adjacent to an activating group) is 1. The van der Waals surface area contributed by atoms with Crippen LogP contribution >= 0.6 is 11.6 Å². The van der Waals surface area contributed by atoms with Crippen LogP contribution in [0.4, 0.5) is 0 Å². The molecule has 6 nitrogen and oxygen atoms in total. The summed E-state index contributed by atoms with van der Waals surface area (Å²) in [5, 5.41) is 10.7. The van der Waals surface area contributed by atoms with E-state index >= 15 is 0 Å². The van der Waals surface area contributed by atoms with Gasteiger partial charge in [0.1, 0.15) is 16.7 Å². The zero-order valence-corrected chi connectivity index (χ0v) is 13.4. The van der Waals surface area contributed by atoms with Crippen LogP contribution < -0.4 is 4.74 Å². The normalized spacial score (nSPS) is 12.0. The molecule has 0 radical (unpaired) electrons. The van der Waals surface area contributed by atoms with E-state index in [1.165, 1.54) is 18.2 Å². The number of aliphatic hydroxyl groups excluding tert-OH is 1. The summed E-state index contributed by atoms with van der Waals surface area (Å²) in [6.07, 6.45) is 0.268. The van der Waals surface area contributed by atoms with Crippen molar-refractivity contribution in [1.82, 2.24) is 14.5 Å². The van der Waals surface area contributed by atoms with Gasteiger partial charge in [0.25, 0.3) is 5.91 Å². The molecule has 0 bridgehead atoms. The number of rotatable bonds is 5. The van der Waals surface area contributed by atoms with Gasteiger partial charge in [0.2, 0.25) is 0 Å². The highest BCUT2D eigenvalue weighted by atomic mass is 35.5. The van der Waals surface area contributed by atoms with Crippen LogP contribution in [0.2, 0.25) is 5.15 Å². The third kappa shape index (κ3) is 3.40. The first kappa shape index (κ1) is 16.3. The highest BCUT2D eigenvalue weighted by Gasteiger charge is 2.23. The van der Waals surface area contributed by atoms with Crippen molar-refractivity contribution in [2.24, 2.45) is 7.05 Å². The second-order valence-electron chi connectivity index (χ2n) is 4.93. The fourth-order valence-corrected chi connectivity index (χ4v) is 2.17. The zero-order chi connectivity index (χ0) is 16.3. The SMILES string of the molecule is COc1cccc(C(O)C(=O)N(C)Cc2ncc(Cl)n2C)c1. The molecule has 1 amide bonds. The lowest BCUT2D eigenvalue weighted by molar-refractivity contribution is -0.139. The number of benzene rings is 1. The van der Waals surface area contributed by atoms with Crippen molar-refractivity contribution in [3.8, 4) is 5.75 Å². The monoisotopic (exact) mass is 323 g/mol. The Hall–Kier alpha value is -2.05. The molecular formula is C15H18ClN3O3. The minimum atomic E-state index is -1.25. The quantitative estimate of drug-likeness (QED) is 0.910. The Morgan fingerprint density at radius 1 is 1.55 bits per heavy atom. The number of hydrogen-bond donors (Lipinski definition) is 1. The Morgan fingerprint density at radius 2 is 2.27 bits per heavy atom. The van der Waals surface area contributed by atoms with Gasteiger partial charge in [0, 0.05) is 14.1 Å². The van der Waals surface area contributed by atoms with E-state index < -0.39 is 12.0 Å². The average molecular weight is 324 g/mol. The van der Waals surface area contributed by atoms with Gasteiger partial charge in [-0.15, -0.1) is 0 Å². The van der Waals surface area contributed by atoms with E-state index in [1.54, 1.807) is 42.9 Å². The summed E-state index contributed by atoms with van der Waals surface area (Å²) >= 11 is 5.92. The molecule has 22 heavy (non-hydrogen) atoms. The van der Waals surface area contributed by atoms with Crippen molar-refractivity contribution >= 4 is 17.5 Å². The Labute approximate surface area is 133 Å². The Balaban J connectivity index is 2.10. The van der Waals surface area contributed by atoms with Crippen molar-refractivity contribution in [2.45, 2.75) is 12.6 Å². The molecule has 1 heterocycles. The molecule has 0 saturated heterocycles. The van der Waals surface area contributed by atoms with E-state index in [1.807, 2.05) is 0 Å². The van der Waals surface area contributed by atoms with Crippen LogP contribution in [0.25, 0.3) is 0 Å². The zero-order valence-electron chi connectivity index (χ0n) is 12.7. The van der Waals surface area contributed by atoms with Gasteiger partial charge in [-0.3, -0.25) is 4.79 Å². The minimum Gasteiger partial charge on any atom is -0.497 e. The second kappa shape index (κ2) is 6.81. The number of carbonyl (C=O) groups is 1. The maximum Gasteiger partial charge on any atom is 0.256 e. The average Bonchev–Trinajstić information content (AvgIpc) is 2.85. The van der Waals surface area contributed by atoms with Crippen molar-refractivity contribution < 1.29 is 14.6 Å². The summed E-state index contributed by atoms with van der Waals surface area (Å²) < 4.78 is 6.78. The Kier molecular flexibility index (Phi) is 5.05. The number of nitrogens with zero attached hydrogens (tertiary/aromatic N) is 3. The van der Waals surface area contributed by atoms with Gasteiger partial charge in [0.05, 0.1) is 19.9 Å². The molecule has 0 spiro atoms. The van der Waals surface area contributed by atoms with Crippen LogP contribution in [0, 0.1) is 0 Å². The molecule has 2 aromatic rings. The van der Waals surface area contributed by atoms with E-state index in [4.69, 9.17) is 16.3 Å². The number of aromatic nitrogens is 2. The summed E-state index contributed by atoms with van der Waals surface area (Å²) in [6, 6.07) is 6.79. The van der Waals surface area contributed by atoms with Crippen LogP contribution in [-0.4, -0.2) is 39.6 Å². The van der Waals surface area contributed by atoms with Gasteiger partial charge >= 0.3 is 0 Å². The van der Waals surface area contributed by atoms with Gasteiger partial charge in [-0.25, -0.2) is 4.98 Å². The lowest BCUT2D eigenvalue weighted by Gasteiger charge is -2.21. The van der Waals surface area contributed by atoms with Gasteiger partial charge in [0.15, 0.2) is 6.10 Å². The summed E-state index contributed by atoms with van der Waals surface area (Å²) in [5.74, 6) is 0.800. The van der Waals surface area contributed by atoms with Crippen LogP contribution in [0.5, 0.6) is 5.75 Å². The van der Waals surface area contributed by atoms with Crippen LogP contribution in [0.3, 0.4) is 0 Å². The largest absolute Gasteiger partial charge is 0.497 e. The number of imidazole rings is 1. The summed E-state index contributed by atoms with van der Waals surface area (Å²) in [6.45, 7) is 0.253. The van der Waals surface area contributed by atoms with Gasteiger partial charge in [-0.2, -0.15) is 0 Å². The van der Waals surface area contributed by atoms with Gasteiger partial charge < -0.3 is 19.3 Å². The fourth-order valence-electron chi connectivity index (χ4n) is 2.02. The van der Waals surface area contributed by atoms with Crippen molar-refractivity contribution in [2.75, 3.05) is 14.2 Å². The lowest BCUT2D eigenvalue weighted by Crippen LogP contribution is -2.32. The van der Waals surface area contributed by atoms with E-state index in [0.717, 1.165) is 0 Å². The fraction of sp³-hybridized carbons (Fsp3) is 0.333. The summed E-state index contributed by atoms with van der Waals surface area (Å²) in [7, 11) is 4.90. The molecule has 1 unspecified atom stereocenters. The highest BCUT2D eigenvalue weighted by Crippen LogP contribution is 2.21. The summed E-state index contributed by atoms with van der Waals surface area (Å²) in [5.41, 5.74) is 0.481. The summed E-state index contributed by atoms with van der Waals surface area (Å²) in [4.78, 5) is 17.9. The lowest BCUT2D eigenvalue weighted by atomic mass is 10.1. The number of halogens is 1. The predicted molar refractivity (Wildman–Crippen MR) is 82.6 cm³/mol. The van der Waals surface area contributed by atoms with Crippen LogP contribution in [-0.2, 0) is 18.4 Å². The van der Waals surface area contributed by atoms with E-state index in [-0.39, 0.29) is 6.54 Å². The third-order valence-electron chi connectivity index (χ3n) is 3.43. The number of carbonyl (C=O) groups excluding carboxylic acids is 1. The highest BCUT2D eigenvalue weighted by molar-refractivity contribution is 6.29. The van der Waals surface area contributed by atoms with Crippen molar-refractivity contribution in [1.29, 1.82) is 0 Å². The smallest absolute Gasteiger partial charge is 0.256 e. The maximum absolute atomic E-state index is 12.3. The maximum atomic E-state index is 12.3. The predicted octanol–water partition coefficient (Wildman–Crippen LogP) is 1.77. The van der Waals surface area contributed by atoms with Gasteiger partial charge in [-0.05, 0) is 17.7 Å². The van der Waals surface area contributed by atoms with E-state index in [2.05, 4.69) is 4.98 Å². The number of methoxy groups -OCH3 is 1. The number of aliphatic hydroxyl groups is 1. The van der Waals surface area contributed by atoms with Crippen molar-refractivity contribution in [3.63, 3.8) is 0 Å². The van der Waals surface area contributed by atoms with E-state index in [9.17, 15) is 9.90 Å². The van der Waals surface area contributed by atoms with Crippen LogP contribution in [0.15, 0.2) is 30.5 Å². The van der Waals surface area contributed by atoms with Crippen molar-refractivity contribution in [3.05, 3.63) is 47.0 Å². The van der Waals surface area contributed by atoms with Crippen LogP contribution in [0.1, 0.15) is 17.5 Å². The standard InChI is InChI=1S/C15H18ClN3O3/c1-18(9-13-17-8-12(16)19(13)2)15(21)14(20)10-5-4-6-11(7-10)22-3/h4-8,14,20H,9H2,1-3H3. The minimum absolute atomic E-state index is 0.253. The first-order valence-electron chi connectivity index (χ1n) is 6.67. The molecule has 7 heteroatoms. The molecule has 1 atom stereocenters. The third-order valence-corrected chi connectivity index (χ3v) is 3.78. The first-order chi connectivity index (χ1) is 10.4. The van der Waals surface area contributed by atoms with Gasteiger partial charge in [-0.1, -0.05) is 23.7 Å². The molecule has 1 N–H and O–H groups in total. The number of hydrogen-bond acceptors (Lipinski definition) is 4. The Morgan fingerprint density at radius 3 is 2.86 bits per heavy atom. The molecule has 0 aliphatic carbocycles. The molecule has 118 valence electrons. The molecular weight excluding hydrogens is 306 g/mol. The molecule has 2 rings (SSSR count).